The number of ether oxygens (including phenoxy) is 2. The van der Waals surface area contributed by atoms with Crippen LogP contribution >= 0.6 is 43.2 Å². The van der Waals surface area contributed by atoms with Gasteiger partial charge in [0.2, 0.25) is 0 Å². The molecule has 3 aromatic carbocycles. The monoisotopic (exact) mass is 725 g/mol. The second kappa shape index (κ2) is 12.8. The fraction of sp³-hybridized carbons (Fsp3) is 0.194. The number of esters is 1. The first-order valence-electron chi connectivity index (χ1n) is 13.2. The van der Waals surface area contributed by atoms with Gasteiger partial charge in [-0.15, -0.1) is 0 Å². The van der Waals surface area contributed by atoms with E-state index < -0.39 is 16.9 Å². The maximum absolute atomic E-state index is 13.9. The van der Waals surface area contributed by atoms with Crippen LogP contribution in [0, 0.1) is 17.0 Å². The van der Waals surface area contributed by atoms with Gasteiger partial charge in [-0.05, 0) is 83.7 Å². The summed E-state index contributed by atoms with van der Waals surface area (Å²) >= 11 is 8.17. The lowest BCUT2D eigenvalue weighted by atomic mass is 9.94. The quantitative estimate of drug-likeness (QED) is 0.123. The van der Waals surface area contributed by atoms with Crippen LogP contribution in [0.5, 0.6) is 5.75 Å². The number of allylic oxidation sites excluding steroid dienone is 1. The van der Waals surface area contributed by atoms with Crippen molar-refractivity contribution in [2.24, 2.45) is 4.99 Å². The lowest BCUT2D eigenvalue weighted by Crippen LogP contribution is -2.40. The average molecular weight is 727 g/mol. The number of fused-ring (bicyclic) bond motifs is 1. The van der Waals surface area contributed by atoms with Crippen LogP contribution in [0.25, 0.3) is 6.08 Å². The number of aromatic nitrogens is 1. The first-order chi connectivity index (χ1) is 20.6. The summed E-state index contributed by atoms with van der Waals surface area (Å²) in [5.41, 5.74) is 2.71. The number of nitrogens with zero attached hydrogens (tertiary/aromatic N) is 3. The minimum Gasteiger partial charge on any atom is -0.488 e. The van der Waals surface area contributed by atoms with Gasteiger partial charge in [0.25, 0.3) is 11.2 Å². The minimum absolute atomic E-state index is 0.107. The third kappa shape index (κ3) is 6.41. The first-order valence-corrected chi connectivity index (χ1v) is 15.6. The van der Waals surface area contributed by atoms with Gasteiger partial charge in [0, 0.05) is 16.1 Å². The van der Waals surface area contributed by atoms with E-state index in [1.54, 1.807) is 39.0 Å². The molecule has 43 heavy (non-hydrogen) atoms. The standard InChI is InChI=1S/C31H25Br2N3O6S/c1-4-41-30(38)27-18(3)34-31-35(28(27)21-9-5-17(2)24(15-21)36(39)40)29(37)26(43-31)14-20-8-12-25(23(33)13-20)42-16-19-6-10-22(32)11-7-19/h5-15,28H,4,16H2,1-3H3/b26-14+/t28-/m1/s1. The normalized spacial score (nSPS) is 14.7. The molecule has 0 amide bonds. The summed E-state index contributed by atoms with van der Waals surface area (Å²) in [5, 5.41) is 11.7. The van der Waals surface area contributed by atoms with Crippen molar-refractivity contribution in [2.75, 3.05) is 6.61 Å². The van der Waals surface area contributed by atoms with E-state index in [9.17, 15) is 19.7 Å². The molecule has 0 unspecified atom stereocenters. The number of hydrogen-bond donors (Lipinski definition) is 0. The van der Waals surface area contributed by atoms with Crippen molar-refractivity contribution in [3.63, 3.8) is 0 Å². The SMILES string of the molecule is CCOC(=O)C1=C(C)N=c2s/c(=C/c3ccc(OCc4ccc(Br)cc4)c(Br)c3)c(=O)n2[C@@H]1c1ccc(C)c([N+](=O)[O-])c1. The zero-order valence-corrected chi connectivity index (χ0v) is 27.3. The van der Waals surface area contributed by atoms with Gasteiger partial charge in [-0.1, -0.05) is 57.6 Å². The molecule has 0 radical (unpaired) electrons. The van der Waals surface area contributed by atoms with E-state index in [0.29, 0.717) is 38.5 Å². The summed E-state index contributed by atoms with van der Waals surface area (Å²) in [4.78, 5) is 43.2. The Labute approximate surface area is 267 Å². The second-order valence-corrected chi connectivity index (χ2v) is 12.5. The molecule has 220 valence electrons. The number of carbonyl (C=O) groups excluding carboxylic acids is 1. The van der Waals surface area contributed by atoms with E-state index in [-0.39, 0.29) is 23.4 Å². The van der Waals surface area contributed by atoms with Crippen molar-refractivity contribution in [2.45, 2.75) is 33.4 Å². The van der Waals surface area contributed by atoms with Gasteiger partial charge < -0.3 is 9.47 Å². The molecule has 1 aromatic heterocycles. The Balaban J connectivity index is 1.56. The van der Waals surface area contributed by atoms with E-state index in [1.807, 2.05) is 42.5 Å². The molecule has 0 aliphatic carbocycles. The fourth-order valence-corrected chi connectivity index (χ4v) is 6.54. The number of rotatable bonds is 8. The molecule has 0 saturated carbocycles. The number of aryl methyl sites for hydroxylation is 1. The van der Waals surface area contributed by atoms with E-state index in [1.165, 1.54) is 22.0 Å². The first kappa shape index (κ1) is 30.6. The van der Waals surface area contributed by atoms with Crippen molar-refractivity contribution in [1.29, 1.82) is 0 Å². The van der Waals surface area contributed by atoms with Crippen molar-refractivity contribution in [1.82, 2.24) is 4.57 Å². The Bertz CT molecular complexity index is 1960. The highest BCUT2D eigenvalue weighted by Gasteiger charge is 2.34. The van der Waals surface area contributed by atoms with Gasteiger partial charge in [-0.2, -0.15) is 0 Å². The zero-order valence-electron chi connectivity index (χ0n) is 23.3. The zero-order chi connectivity index (χ0) is 30.8. The third-order valence-corrected chi connectivity index (χ3v) is 8.96. The van der Waals surface area contributed by atoms with E-state index in [4.69, 9.17) is 9.47 Å². The molecular formula is C31H25Br2N3O6S. The second-order valence-electron chi connectivity index (χ2n) is 9.71. The topological polar surface area (TPSA) is 113 Å². The highest BCUT2D eigenvalue weighted by molar-refractivity contribution is 9.10. The van der Waals surface area contributed by atoms with Gasteiger partial charge in [0.15, 0.2) is 4.80 Å². The fourth-order valence-electron chi connectivity index (χ4n) is 4.72. The van der Waals surface area contributed by atoms with Crippen molar-refractivity contribution in [3.05, 3.63) is 133 Å². The van der Waals surface area contributed by atoms with E-state index in [0.717, 1.165) is 20.1 Å². The van der Waals surface area contributed by atoms with E-state index in [2.05, 4.69) is 36.9 Å². The molecule has 1 aliphatic rings. The summed E-state index contributed by atoms with van der Waals surface area (Å²) in [7, 11) is 0. The van der Waals surface area contributed by atoms with Crippen LogP contribution in [0.4, 0.5) is 5.69 Å². The molecule has 0 fully saturated rings. The molecule has 2 heterocycles. The Hall–Kier alpha value is -3.87. The number of carbonyl (C=O) groups is 1. The molecule has 1 atom stereocenters. The predicted molar refractivity (Wildman–Crippen MR) is 171 cm³/mol. The Kier molecular flexibility index (Phi) is 9.09. The molecule has 9 nitrogen and oxygen atoms in total. The molecular weight excluding hydrogens is 702 g/mol. The summed E-state index contributed by atoms with van der Waals surface area (Å²) in [5.74, 6) is 0.0195. The number of thiazole rings is 1. The molecule has 0 bridgehead atoms. The largest absolute Gasteiger partial charge is 0.488 e. The number of nitro groups is 1. The lowest BCUT2D eigenvalue weighted by Gasteiger charge is -2.24. The minimum atomic E-state index is -0.946. The van der Waals surface area contributed by atoms with Crippen LogP contribution in [-0.2, 0) is 16.1 Å². The van der Waals surface area contributed by atoms with Gasteiger partial charge >= 0.3 is 5.97 Å². The summed E-state index contributed by atoms with van der Waals surface area (Å²) in [6.07, 6.45) is 1.74. The van der Waals surface area contributed by atoms with Crippen LogP contribution in [0.2, 0.25) is 0 Å². The smallest absolute Gasteiger partial charge is 0.338 e. The molecule has 4 aromatic rings. The molecule has 0 N–H and O–H groups in total. The number of nitro benzene ring substituents is 1. The van der Waals surface area contributed by atoms with Crippen molar-refractivity contribution in [3.8, 4) is 5.75 Å². The summed E-state index contributed by atoms with van der Waals surface area (Å²) in [6.45, 7) is 5.50. The van der Waals surface area contributed by atoms with Crippen LogP contribution in [0.15, 0.2) is 90.7 Å². The van der Waals surface area contributed by atoms with E-state index >= 15 is 0 Å². The number of benzene rings is 3. The average Bonchev–Trinajstić information content (AvgIpc) is 3.26. The molecule has 5 rings (SSSR count). The lowest BCUT2D eigenvalue weighted by molar-refractivity contribution is -0.385. The van der Waals surface area contributed by atoms with Crippen LogP contribution in [0.3, 0.4) is 0 Å². The van der Waals surface area contributed by atoms with Crippen molar-refractivity contribution < 1.29 is 19.2 Å². The summed E-state index contributed by atoms with van der Waals surface area (Å²) in [6, 6.07) is 17.1. The molecule has 12 heteroatoms. The molecule has 0 saturated heterocycles. The van der Waals surface area contributed by atoms with Crippen LogP contribution in [-0.4, -0.2) is 22.1 Å². The van der Waals surface area contributed by atoms with Gasteiger partial charge in [0.1, 0.15) is 12.4 Å². The molecule has 0 spiro atoms. The highest BCUT2D eigenvalue weighted by atomic mass is 79.9. The third-order valence-electron chi connectivity index (χ3n) is 6.82. The van der Waals surface area contributed by atoms with Crippen LogP contribution < -0.4 is 19.6 Å². The Morgan fingerprint density at radius 1 is 1.12 bits per heavy atom. The van der Waals surface area contributed by atoms with Crippen molar-refractivity contribution >= 4 is 60.9 Å². The van der Waals surface area contributed by atoms with Gasteiger partial charge in [-0.3, -0.25) is 19.5 Å². The Morgan fingerprint density at radius 3 is 2.53 bits per heavy atom. The number of hydrogen-bond acceptors (Lipinski definition) is 8. The maximum atomic E-state index is 13.9. The van der Waals surface area contributed by atoms with Gasteiger partial charge in [0.05, 0.1) is 37.8 Å². The predicted octanol–water partition coefficient (Wildman–Crippen LogP) is 6.12. The summed E-state index contributed by atoms with van der Waals surface area (Å²) < 4.78 is 14.8. The maximum Gasteiger partial charge on any atom is 0.338 e. The number of halogens is 2. The van der Waals surface area contributed by atoms with Gasteiger partial charge in [-0.25, -0.2) is 9.79 Å². The van der Waals surface area contributed by atoms with Crippen LogP contribution in [0.1, 0.15) is 42.1 Å². The molecule has 1 aliphatic heterocycles. The Morgan fingerprint density at radius 2 is 1.86 bits per heavy atom. The highest BCUT2D eigenvalue weighted by Crippen LogP contribution is 2.33.